The van der Waals surface area contributed by atoms with Crippen LogP contribution in [0.15, 0.2) is 29.2 Å². The Bertz CT molecular complexity index is 754. The lowest BCUT2D eigenvalue weighted by Gasteiger charge is -2.42. The van der Waals surface area contributed by atoms with Gasteiger partial charge in [0.05, 0.1) is 28.7 Å². The van der Waals surface area contributed by atoms with E-state index in [0.29, 0.717) is 38.2 Å². The number of hydrogen-bond acceptors (Lipinski definition) is 5. The molecule has 1 N–H and O–H groups in total. The molecule has 7 heteroatoms. The first-order chi connectivity index (χ1) is 11.4. The van der Waals surface area contributed by atoms with Gasteiger partial charge in [-0.2, -0.15) is 9.57 Å². The average Bonchev–Trinajstić information content (AvgIpc) is 3.04. The molecular weight excluding hydrogens is 328 g/mol. The van der Waals surface area contributed by atoms with Crippen LogP contribution in [0.3, 0.4) is 0 Å². The second-order valence-corrected chi connectivity index (χ2v) is 8.64. The van der Waals surface area contributed by atoms with E-state index in [9.17, 15) is 13.5 Å². The second kappa shape index (κ2) is 6.45. The molecule has 1 aromatic carbocycles. The molecule has 0 spiro atoms. The minimum Gasteiger partial charge on any atom is -0.390 e. The topological polar surface area (TPSA) is 90.6 Å². The van der Waals surface area contributed by atoms with Gasteiger partial charge in [0.1, 0.15) is 0 Å². The Kier molecular flexibility index (Phi) is 4.67. The van der Waals surface area contributed by atoms with Gasteiger partial charge in [0.15, 0.2) is 0 Å². The van der Waals surface area contributed by atoms with E-state index in [1.54, 1.807) is 19.1 Å². The maximum absolute atomic E-state index is 13.1. The lowest BCUT2D eigenvalue weighted by atomic mass is 9.80. The van der Waals surface area contributed by atoms with Gasteiger partial charge in [0.25, 0.3) is 0 Å². The zero-order valence-electron chi connectivity index (χ0n) is 13.7. The Labute approximate surface area is 142 Å². The highest BCUT2D eigenvalue weighted by molar-refractivity contribution is 7.89. The molecule has 3 atom stereocenters. The second-order valence-electron chi connectivity index (χ2n) is 6.75. The summed E-state index contributed by atoms with van der Waals surface area (Å²) in [4.78, 5) is 0.129. The van der Waals surface area contributed by atoms with Crippen LogP contribution in [0.25, 0.3) is 0 Å². The van der Waals surface area contributed by atoms with Crippen molar-refractivity contribution >= 4 is 10.0 Å². The molecule has 1 aromatic rings. The molecule has 6 nitrogen and oxygen atoms in total. The summed E-state index contributed by atoms with van der Waals surface area (Å²) < 4.78 is 33.1. The highest BCUT2D eigenvalue weighted by Crippen LogP contribution is 2.38. The number of hydrogen-bond donors (Lipinski definition) is 1. The van der Waals surface area contributed by atoms with Crippen molar-refractivity contribution in [2.75, 3.05) is 19.8 Å². The Hall–Kier alpha value is -1.46. The van der Waals surface area contributed by atoms with Crippen LogP contribution in [-0.4, -0.2) is 49.2 Å². The van der Waals surface area contributed by atoms with Gasteiger partial charge >= 0.3 is 0 Å². The number of aliphatic hydroxyl groups is 1. The fraction of sp³-hybridized carbons (Fsp3) is 0.588. The third-order valence-electron chi connectivity index (χ3n) is 5.13. The molecule has 2 saturated heterocycles. The molecule has 2 fully saturated rings. The molecule has 0 unspecified atom stereocenters. The van der Waals surface area contributed by atoms with Crippen molar-refractivity contribution in [3.63, 3.8) is 0 Å². The first-order valence-corrected chi connectivity index (χ1v) is 9.62. The Balaban J connectivity index is 1.93. The smallest absolute Gasteiger partial charge is 0.243 e. The van der Waals surface area contributed by atoms with Crippen LogP contribution in [0, 0.1) is 17.2 Å². The molecular formula is C17H22N2O4S. The molecule has 24 heavy (non-hydrogen) atoms. The van der Waals surface area contributed by atoms with Crippen molar-refractivity contribution in [2.45, 2.75) is 42.7 Å². The number of sulfonamides is 1. The number of ether oxygens (including phenoxy) is 1. The Morgan fingerprint density at radius 3 is 2.96 bits per heavy atom. The van der Waals surface area contributed by atoms with E-state index < -0.39 is 15.6 Å². The molecule has 2 heterocycles. The fourth-order valence-electron chi connectivity index (χ4n) is 3.71. The van der Waals surface area contributed by atoms with Crippen LogP contribution in [0.2, 0.25) is 0 Å². The molecule has 0 aliphatic carbocycles. The van der Waals surface area contributed by atoms with Crippen LogP contribution < -0.4 is 0 Å². The van der Waals surface area contributed by atoms with Gasteiger partial charge in [-0.3, -0.25) is 0 Å². The monoisotopic (exact) mass is 350 g/mol. The summed E-state index contributed by atoms with van der Waals surface area (Å²) in [5.74, 6) is -0.248. The molecule has 0 aromatic heterocycles. The fourth-order valence-corrected chi connectivity index (χ4v) is 5.48. The van der Waals surface area contributed by atoms with E-state index in [0.717, 1.165) is 6.42 Å². The van der Waals surface area contributed by atoms with E-state index >= 15 is 0 Å². The highest BCUT2D eigenvalue weighted by atomic mass is 32.2. The summed E-state index contributed by atoms with van der Waals surface area (Å²) in [5.41, 5.74) is -0.616. The lowest BCUT2D eigenvalue weighted by molar-refractivity contribution is -0.116. The summed E-state index contributed by atoms with van der Waals surface area (Å²) in [6.07, 6.45) is 1.97. The maximum atomic E-state index is 13.1. The quantitative estimate of drug-likeness (QED) is 0.892. The number of rotatable bonds is 3. The summed E-state index contributed by atoms with van der Waals surface area (Å²) in [7, 11) is -3.70. The highest BCUT2D eigenvalue weighted by Gasteiger charge is 2.47. The molecule has 2 aliphatic rings. The van der Waals surface area contributed by atoms with Crippen molar-refractivity contribution in [3.05, 3.63) is 29.8 Å². The molecule has 0 radical (unpaired) electrons. The predicted molar refractivity (Wildman–Crippen MR) is 87.6 cm³/mol. The summed E-state index contributed by atoms with van der Waals surface area (Å²) in [5, 5.41) is 19.7. The Morgan fingerprint density at radius 2 is 2.25 bits per heavy atom. The zero-order chi connectivity index (χ0) is 17.4. The standard InChI is InChI=1S/C17H22N2O4S/c1-17(20)7-9-23-12-15(17)16-6-3-8-19(16)24(21,22)14-5-2-4-13(10-14)11-18/h2,4-5,10,15-16,20H,3,6-9,12H2,1H3/t15-,16-,17-/m0/s1. The molecule has 0 bridgehead atoms. The predicted octanol–water partition coefficient (Wildman–Crippen LogP) is 1.50. The number of nitriles is 1. The first-order valence-electron chi connectivity index (χ1n) is 8.18. The summed E-state index contributed by atoms with van der Waals surface area (Å²) in [6.45, 7) is 3.05. The average molecular weight is 350 g/mol. The third-order valence-corrected chi connectivity index (χ3v) is 7.05. The minimum absolute atomic E-state index is 0.129. The summed E-state index contributed by atoms with van der Waals surface area (Å²) in [6, 6.07) is 7.77. The van der Waals surface area contributed by atoms with E-state index in [1.807, 2.05) is 6.07 Å². The van der Waals surface area contributed by atoms with Crippen LogP contribution in [0.1, 0.15) is 31.7 Å². The Morgan fingerprint density at radius 1 is 1.46 bits per heavy atom. The summed E-state index contributed by atoms with van der Waals surface area (Å²) >= 11 is 0. The number of benzene rings is 1. The van der Waals surface area contributed by atoms with E-state index in [-0.39, 0.29) is 16.9 Å². The molecule has 3 rings (SSSR count). The van der Waals surface area contributed by atoms with Crippen molar-refractivity contribution in [3.8, 4) is 6.07 Å². The molecule has 2 aliphatic heterocycles. The van der Waals surface area contributed by atoms with Gasteiger partial charge < -0.3 is 9.84 Å². The largest absolute Gasteiger partial charge is 0.390 e. The van der Waals surface area contributed by atoms with Gasteiger partial charge in [-0.25, -0.2) is 8.42 Å². The zero-order valence-corrected chi connectivity index (χ0v) is 14.5. The lowest BCUT2D eigenvalue weighted by Crippen LogP contribution is -2.53. The maximum Gasteiger partial charge on any atom is 0.243 e. The van der Waals surface area contributed by atoms with Crippen LogP contribution in [0.4, 0.5) is 0 Å². The molecule has 130 valence electrons. The normalized spacial score (nSPS) is 31.7. The van der Waals surface area contributed by atoms with Gasteiger partial charge in [-0.15, -0.1) is 0 Å². The molecule has 0 saturated carbocycles. The van der Waals surface area contributed by atoms with Crippen molar-refractivity contribution in [1.82, 2.24) is 4.31 Å². The van der Waals surface area contributed by atoms with Crippen molar-refractivity contribution in [1.29, 1.82) is 5.26 Å². The number of nitrogens with zero attached hydrogens (tertiary/aromatic N) is 2. The van der Waals surface area contributed by atoms with E-state index in [1.165, 1.54) is 16.4 Å². The van der Waals surface area contributed by atoms with Crippen molar-refractivity contribution in [2.24, 2.45) is 5.92 Å². The van der Waals surface area contributed by atoms with Gasteiger partial charge in [0.2, 0.25) is 10.0 Å². The van der Waals surface area contributed by atoms with Gasteiger partial charge in [-0.05, 0) is 44.4 Å². The van der Waals surface area contributed by atoms with Gasteiger partial charge in [0, 0.05) is 25.1 Å². The van der Waals surface area contributed by atoms with Gasteiger partial charge in [-0.1, -0.05) is 6.07 Å². The minimum atomic E-state index is -3.70. The van der Waals surface area contributed by atoms with Crippen LogP contribution in [0.5, 0.6) is 0 Å². The first kappa shape index (κ1) is 17.4. The SMILES string of the molecule is C[C@]1(O)CCOC[C@H]1[C@@H]1CCCN1S(=O)(=O)c1cccc(C#N)c1. The van der Waals surface area contributed by atoms with E-state index in [4.69, 9.17) is 10.00 Å². The van der Waals surface area contributed by atoms with Crippen molar-refractivity contribution < 1.29 is 18.3 Å². The van der Waals surface area contributed by atoms with E-state index in [2.05, 4.69) is 0 Å². The van der Waals surface area contributed by atoms with Crippen LogP contribution >= 0.6 is 0 Å². The third kappa shape index (κ3) is 3.07. The van der Waals surface area contributed by atoms with Crippen LogP contribution in [-0.2, 0) is 14.8 Å². The molecule has 0 amide bonds.